The van der Waals surface area contributed by atoms with Gasteiger partial charge < -0.3 is 10.2 Å². The fourth-order valence-corrected chi connectivity index (χ4v) is 4.06. The maximum atomic E-state index is 12.9. The molecule has 2 aliphatic heterocycles. The average molecular weight is 434 g/mol. The summed E-state index contributed by atoms with van der Waals surface area (Å²) >= 11 is 0. The van der Waals surface area contributed by atoms with Crippen molar-refractivity contribution in [1.82, 2.24) is 20.7 Å². The molecule has 0 bridgehead atoms. The lowest BCUT2D eigenvalue weighted by atomic mass is 9.93. The molecular formula is C24H26N4O4. The number of benzene rings is 2. The first-order valence-corrected chi connectivity index (χ1v) is 10.7. The molecule has 166 valence electrons. The fraction of sp³-hybridized carbons (Fsp3) is 0.333. The molecule has 8 nitrogen and oxygen atoms in total. The second-order valence-corrected chi connectivity index (χ2v) is 8.45. The third-order valence-corrected chi connectivity index (χ3v) is 5.96. The molecule has 2 aromatic rings. The predicted molar refractivity (Wildman–Crippen MR) is 117 cm³/mol. The van der Waals surface area contributed by atoms with E-state index >= 15 is 0 Å². The Morgan fingerprint density at radius 2 is 1.81 bits per heavy atom. The van der Waals surface area contributed by atoms with Crippen LogP contribution in [-0.2, 0) is 22.6 Å². The molecule has 0 aromatic heterocycles. The van der Waals surface area contributed by atoms with Crippen LogP contribution in [0.1, 0.15) is 47.7 Å². The summed E-state index contributed by atoms with van der Waals surface area (Å²) in [7, 11) is 0. The normalized spacial score (nSPS) is 20.6. The number of amides is 5. The van der Waals surface area contributed by atoms with Gasteiger partial charge >= 0.3 is 6.03 Å². The van der Waals surface area contributed by atoms with E-state index in [2.05, 4.69) is 10.7 Å². The predicted octanol–water partition coefficient (Wildman–Crippen LogP) is 2.40. The van der Waals surface area contributed by atoms with Crippen molar-refractivity contribution in [3.63, 3.8) is 0 Å². The molecule has 1 atom stereocenters. The van der Waals surface area contributed by atoms with Crippen LogP contribution in [0.3, 0.4) is 0 Å². The number of nitrogens with zero attached hydrogens (tertiary/aromatic N) is 2. The summed E-state index contributed by atoms with van der Waals surface area (Å²) in [6, 6.07) is 15.9. The Kier molecular flexibility index (Phi) is 5.94. The van der Waals surface area contributed by atoms with E-state index in [-0.39, 0.29) is 5.91 Å². The lowest BCUT2D eigenvalue weighted by molar-refractivity contribution is -0.132. The van der Waals surface area contributed by atoms with E-state index in [4.69, 9.17) is 0 Å². The third kappa shape index (κ3) is 4.49. The number of aryl methyl sites for hydroxylation is 1. The number of carbonyl (C=O) groups is 4. The molecule has 2 fully saturated rings. The lowest BCUT2D eigenvalue weighted by Gasteiger charge is -2.21. The lowest BCUT2D eigenvalue weighted by Crippen LogP contribution is -2.49. The highest BCUT2D eigenvalue weighted by atomic mass is 16.2. The van der Waals surface area contributed by atoms with Crippen LogP contribution < -0.4 is 10.7 Å². The second-order valence-electron chi connectivity index (χ2n) is 8.45. The minimum atomic E-state index is -1.10. The quantitative estimate of drug-likeness (QED) is 0.654. The van der Waals surface area contributed by atoms with Gasteiger partial charge in [-0.25, -0.2) is 4.79 Å². The van der Waals surface area contributed by atoms with Crippen LogP contribution in [0.2, 0.25) is 0 Å². The Labute approximate surface area is 186 Å². The van der Waals surface area contributed by atoms with Crippen LogP contribution in [0.25, 0.3) is 0 Å². The van der Waals surface area contributed by atoms with Gasteiger partial charge in [0.05, 0.1) is 0 Å². The van der Waals surface area contributed by atoms with E-state index in [1.165, 1.54) is 0 Å². The largest absolute Gasteiger partial charge is 0.344 e. The van der Waals surface area contributed by atoms with Crippen molar-refractivity contribution in [2.24, 2.45) is 0 Å². The fourth-order valence-electron chi connectivity index (χ4n) is 4.06. The number of hydrazine groups is 1. The van der Waals surface area contributed by atoms with Crippen LogP contribution in [0.15, 0.2) is 54.6 Å². The van der Waals surface area contributed by atoms with E-state index in [0.29, 0.717) is 37.9 Å². The van der Waals surface area contributed by atoms with Crippen molar-refractivity contribution in [3.8, 4) is 0 Å². The highest BCUT2D eigenvalue weighted by molar-refractivity contribution is 6.09. The molecule has 0 spiro atoms. The Morgan fingerprint density at radius 1 is 1.06 bits per heavy atom. The first-order valence-electron chi connectivity index (χ1n) is 10.7. The van der Waals surface area contributed by atoms with Gasteiger partial charge in [-0.3, -0.25) is 19.8 Å². The average Bonchev–Trinajstić information content (AvgIpc) is 3.29. The minimum absolute atomic E-state index is 0.106. The second kappa shape index (κ2) is 8.82. The smallest absolute Gasteiger partial charge is 0.338 e. The van der Waals surface area contributed by atoms with Crippen LogP contribution >= 0.6 is 0 Å². The van der Waals surface area contributed by atoms with Gasteiger partial charge in [-0.2, -0.15) is 5.01 Å². The topological polar surface area (TPSA) is 98.8 Å². The number of rotatable bonds is 7. The number of hydrogen-bond acceptors (Lipinski definition) is 4. The van der Waals surface area contributed by atoms with E-state index < -0.39 is 23.4 Å². The Bertz CT molecular complexity index is 1050. The molecule has 0 radical (unpaired) electrons. The van der Waals surface area contributed by atoms with Crippen LogP contribution in [-0.4, -0.2) is 45.7 Å². The molecular weight excluding hydrogens is 408 g/mol. The van der Waals surface area contributed by atoms with Crippen molar-refractivity contribution in [2.75, 3.05) is 6.54 Å². The van der Waals surface area contributed by atoms with E-state index in [1.807, 2.05) is 36.4 Å². The zero-order valence-electron chi connectivity index (χ0n) is 18.0. The van der Waals surface area contributed by atoms with Gasteiger partial charge in [0.25, 0.3) is 11.8 Å². The van der Waals surface area contributed by atoms with E-state index in [1.54, 1.807) is 30.0 Å². The van der Waals surface area contributed by atoms with Crippen LogP contribution in [0, 0.1) is 0 Å². The standard InChI is InChI=1S/C24H26N4O4/c1-24(13-12-17-7-3-2-4-8-17)22(31)28(23(32)25-24)26-21(30)19-10-5-9-18(15-19)16-27-14-6-11-20(27)29/h2-5,7-10,15H,6,11-14,16H2,1H3,(H,25,32)(H,26,30)/t24-/m1/s1. The Morgan fingerprint density at radius 3 is 2.53 bits per heavy atom. The van der Waals surface area contributed by atoms with Crippen molar-refractivity contribution >= 4 is 23.8 Å². The molecule has 2 saturated heterocycles. The molecule has 2 aromatic carbocycles. The number of hydrogen-bond donors (Lipinski definition) is 2. The first kappa shape index (κ1) is 21.5. The van der Waals surface area contributed by atoms with Gasteiger partial charge in [-0.15, -0.1) is 0 Å². The van der Waals surface area contributed by atoms with Gasteiger partial charge in [0.2, 0.25) is 5.91 Å². The number of imide groups is 1. The SMILES string of the molecule is C[C@]1(CCc2ccccc2)NC(=O)N(NC(=O)c2cccc(CN3CCCC3=O)c2)C1=O. The van der Waals surface area contributed by atoms with Crippen molar-refractivity contribution in [2.45, 2.75) is 44.7 Å². The first-order chi connectivity index (χ1) is 15.4. The summed E-state index contributed by atoms with van der Waals surface area (Å²) in [5.74, 6) is -0.949. The zero-order valence-corrected chi connectivity index (χ0v) is 18.0. The van der Waals surface area contributed by atoms with Gasteiger partial charge in [0.15, 0.2) is 0 Å². The van der Waals surface area contributed by atoms with Crippen molar-refractivity contribution in [3.05, 3.63) is 71.3 Å². The monoisotopic (exact) mass is 434 g/mol. The zero-order chi connectivity index (χ0) is 22.7. The molecule has 0 unspecified atom stereocenters. The highest BCUT2D eigenvalue weighted by Gasteiger charge is 2.48. The van der Waals surface area contributed by atoms with Gasteiger partial charge in [0, 0.05) is 25.1 Å². The molecule has 2 N–H and O–H groups in total. The van der Waals surface area contributed by atoms with E-state index in [0.717, 1.165) is 22.6 Å². The molecule has 0 aliphatic carbocycles. The highest BCUT2D eigenvalue weighted by Crippen LogP contribution is 2.23. The number of likely N-dealkylation sites (tertiary alicyclic amines) is 1. The van der Waals surface area contributed by atoms with Crippen LogP contribution in [0.4, 0.5) is 4.79 Å². The molecule has 4 rings (SSSR count). The van der Waals surface area contributed by atoms with Gasteiger partial charge in [-0.05, 0) is 49.4 Å². The van der Waals surface area contributed by atoms with Crippen molar-refractivity contribution < 1.29 is 19.2 Å². The van der Waals surface area contributed by atoms with Gasteiger partial charge in [-0.1, -0.05) is 42.5 Å². The summed E-state index contributed by atoms with van der Waals surface area (Å²) in [6.45, 7) is 2.80. The summed E-state index contributed by atoms with van der Waals surface area (Å²) in [6.07, 6.45) is 2.42. The maximum Gasteiger partial charge on any atom is 0.344 e. The Balaban J connectivity index is 1.40. The minimum Gasteiger partial charge on any atom is -0.338 e. The molecule has 32 heavy (non-hydrogen) atoms. The number of carbonyl (C=O) groups excluding carboxylic acids is 4. The summed E-state index contributed by atoms with van der Waals surface area (Å²) in [5.41, 5.74) is 3.52. The summed E-state index contributed by atoms with van der Waals surface area (Å²) in [4.78, 5) is 51.8. The van der Waals surface area contributed by atoms with Crippen molar-refractivity contribution in [1.29, 1.82) is 0 Å². The van der Waals surface area contributed by atoms with Crippen LogP contribution in [0.5, 0.6) is 0 Å². The van der Waals surface area contributed by atoms with Gasteiger partial charge in [0.1, 0.15) is 5.54 Å². The number of urea groups is 1. The third-order valence-electron chi connectivity index (χ3n) is 5.96. The molecule has 2 heterocycles. The molecule has 5 amide bonds. The maximum absolute atomic E-state index is 12.9. The molecule has 2 aliphatic rings. The summed E-state index contributed by atoms with van der Waals surface area (Å²) in [5, 5.41) is 3.45. The number of nitrogens with one attached hydrogen (secondary N) is 2. The molecule has 8 heteroatoms. The summed E-state index contributed by atoms with van der Waals surface area (Å²) < 4.78 is 0. The molecule has 0 saturated carbocycles. The Hall–Kier alpha value is -3.68. The van der Waals surface area contributed by atoms with E-state index in [9.17, 15) is 19.2 Å².